The van der Waals surface area contributed by atoms with Crippen molar-refractivity contribution in [3.8, 4) is 0 Å². The lowest BCUT2D eigenvalue weighted by Gasteiger charge is -2.24. The molecule has 28 heavy (non-hydrogen) atoms. The number of sulfonamides is 1. The predicted octanol–water partition coefficient (Wildman–Crippen LogP) is 3.84. The SMILES string of the molecule is Cc1cnc(NC(=O)c2cccc(S(=O)(=O)N3c4ccccc4C[C@@H]3C)c2)s1. The van der Waals surface area contributed by atoms with Crippen molar-refractivity contribution >= 4 is 38.1 Å². The molecular formula is C20H19N3O3S2. The van der Waals surface area contributed by atoms with E-state index in [9.17, 15) is 13.2 Å². The van der Waals surface area contributed by atoms with E-state index in [1.54, 1.807) is 18.3 Å². The van der Waals surface area contributed by atoms with Gasteiger partial charge in [-0.25, -0.2) is 13.4 Å². The van der Waals surface area contributed by atoms with Crippen LogP contribution in [0, 0.1) is 6.92 Å². The molecular weight excluding hydrogens is 394 g/mol. The van der Waals surface area contributed by atoms with Gasteiger partial charge in [0.15, 0.2) is 5.13 Å². The molecule has 2 heterocycles. The molecule has 1 aromatic heterocycles. The Morgan fingerprint density at radius 3 is 2.75 bits per heavy atom. The molecule has 0 unspecified atom stereocenters. The van der Waals surface area contributed by atoms with E-state index in [2.05, 4.69) is 10.3 Å². The molecule has 6 nitrogen and oxygen atoms in total. The smallest absolute Gasteiger partial charge is 0.264 e. The maximum Gasteiger partial charge on any atom is 0.264 e. The molecule has 8 heteroatoms. The van der Waals surface area contributed by atoms with E-state index in [4.69, 9.17) is 0 Å². The summed E-state index contributed by atoms with van der Waals surface area (Å²) in [5.74, 6) is -0.388. The van der Waals surface area contributed by atoms with Crippen molar-refractivity contribution in [2.75, 3.05) is 9.62 Å². The number of aromatic nitrogens is 1. The number of hydrogen-bond donors (Lipinski definition) is 1. The fourth-order valence-corrected chi connectivity index (χ4v) is 5.80. The summed E-state index contributed by atoms with van der Waals surface area (Å²) in [6, 6.07) is 13.4. The third-order valence-electron chi connectivity index (χ3n) is 4.64. The highest BCUT2D eigenvalue weighted by molar-refractivity contribution is 7.92. The minimum absolute atomic E-state index is 0.0963. The summed E-state index contributed by atoms with van der Waals surface area (Å²) < 4.78 is 28.1. The zero-order valence-electron chi connectivity index (χ0n) is 15.4. The van der Waals surface area contributed by atoms with Crippen LogP contribution in [0.4, 0.5) is 10.8 Å². The van der Waals surface area contributed by atoms with Crippen molar-refractivity contribution in [1.82, 2.24) is 4.98 Å². The van der Waals surface area contributed by atoms with Gasteiger partial charge in [0, 0.05) is 22.7 Å². The van der Waals surface area contributed by atoms with E-state index >= 15 is 0 Å². The second-order valence-corrected chi connectivity index (χ2v) is 9.79. The van der Waals surface area contributed by atoms with Crippen molar-refractivity contribution in [3.05, 3.63) is 70.7 Å². The summed E-state index contributed by atoms with van der Waals surface area (Å²) in [7, 11) is -3.79. The molecule has 0 saturated heterocycles. The van der Waals surface area contributed by atoms with Gasteiger partial charge in [-0.2, -0.15) is 0 Å². The van der Waals surface area contributed by atoms with Crippen LogP contribution in [0.1, 0.15) is 27.7 Å². The number of amides is 1. The average molecular weight is 414 g/mol. The van der Waals surface area contributed by atoms with E-state index in [1.807, 2.05) is 38.1 Å². The van der Waals surface area contributed by atoms with Gasteiger partial charge in [-0.15, -0.1) is 11.3 Å². The van der Waals surface area contributed by atoms with Crippen LogP contribution < -0.4 is 9.62 Å². The molecule has 0 fully saturated rings. The van der Waals surface area contributed by atoms with Crippen LogP contribution in [-0.2, 0) is 16.4 Å². The van der Waals surface area contributed by atoms with E-state index in [0.717, 1.165) is 10.4 Å². The lowest BCUT2D eigenvalue weighted by molar-refractivity contribution is 0.102. The Hall–Kier alpha value is -2.71. The second-order valence-electron chi connectivity index (χ2n) is 6.74. The highest BCUT2D eigenvalue weighted by Crippen LogP contribution is 2.36. The van der Waals surface area contributed by atoms with Gasteiger partial charge in [0.1, 0.15) is 0 Å². The Morgan fingerprint density at radius 2 is 2.00 bits per heavy atom. The summed E-state index contributed by atoms with van der Waals surface area (Å²) >= 11 is 1.36. The second kappa shape index (κ2) is 7.03. The maximum absolute atomic E-state index is 13.3. The van der Waals surface area contributed by atoms with Gasteiger partial charge < -0.3 is 0 Å². The third-order valence-corrected chi connectivity index (χ3v) is 7.39. The first-order chi connectivity index (χ1) is 13.4. The van der Waals surface area contributed by atoms with Gasteiger partial charge >= 0.3 is 0 Å². The number of benzene rings is 2. The van der Waals surface area contributed by atoms with Crippen LogP contribution >= 0.6 is 11.3 Å². The number of carbonyl (C=O) groups excluding carboxylic acids is 1. The first-order valence-corrected chi connectivity index (χ1v) is 11.1. The van der Waals surface area contributed by atoms with Gasteiger partial charge in [-0.1, -0.05) is 24.3 Å². The Labute approximate surface area is 167 Å². The molecule has 1 aliphatic rings. The molecule has 4 rings (SSSR count). The quantitative estimate of drug-likeness (QED) is 0.705. The highest BCUT2D eigenvalue weighted by Gasteiger charge is 2.36. The number of rotatable bonds is 4. The Bertz CT molecular complexity index is 1150. The molecule has 2 aromatic carbocycles. The molecule has 1 N–H and O–H groups in total. The number of anilines is 2. The number of nitrogens with one attached hydrogen (secondary N) is 1. The van der Waals surface area contributed by atoms with Crippen molar-refractivity contribution in [1.29, 1.82) is 0 Å². The monoisotopic (exact) mass is 413 g/mol. The Morgan fingerprint density at radius 1 is 1.21 bits per heavy atom. The minimum atomic E-state index is -3.79. The molecule has 0 saturated carbocycles. The average Bonchev–Trinajstić information content (AvgIpc) is 3.23. The molecule has 1 atom stereocenters. The van der Waals surface area contributed by atoms with E-state index in [0.29, 0.717) is 17.2 Å². The number of para-hydroxylation sites is 1. The fraction of sp³-hybridized carbons (Fsp3) is 0.200. The summed E-state index contributed by atoms with van der Waals surface area (Å²) in [6.07, 6.45) is 2.34. The van der Waals surface area contributed by atoms with Crippen LogP contribution in [0.2, 0.25) is 0 Å². The van der Waals surface area contributed by atoms with Crippen LogP contribution in [0.25, 0.3) is 0 Å². The summed E-state index contributed by atoms with van der Waals surface area (Å²) in [5, 5.41) is 3.20. The first kappa shape index (κ1) is 18.6. The first-order valence-electron chi connectivity index (χ1n) is 8.82. The predicted molar refractivity (Wildman–Crippen MR) is 111 cm³/mol. The Kier molecular flexibility index (Phi) is 4.68. The van der Waals surface area contributed by atoms with Crippen LogP contribution in [0.3, 0.4) is 0 Å². The number of carbonyl (C=O) groups is 1. The number of fused-ring (bicyclic) bond motifs is 1. The molecule has 1 amide bonds. The zero-order chi connectivity index (χ0) is 19.9. The van der Waals surface area contributed by atoms with E-state index in [-0.39, 0.29) is 22.4 Å². The van der Waals surface area contributed by atoms with E-state index in [1.165, 1.54) is 27.8 Å². The fourth-order valence-electron chi connectivity index (χ4n) is 3.40. The van der Waals surface area contributed by atoms with Crippen molar-refractivity contribution in [3.63, 3.8) is 0 Å². The third kappa shape index (κ3) is 3.29. The number of nitrogens with zero attached hydrogens (tertiary/aromatic N) is 2. The van der Waals surface area contributed by atoms with Gasteiger partial charge in [0.2, 0.25) is 0 Å². The Balaban J connectivity index is 1.66. The van der Waals surface area contributed by atoms with Crippen LogP contribution in [-0.4, -0.2) is 25.4 Å². The number of aryl methyl sites for hydroxylation is 1. The summed E-state index contributed by atoms with van der Waals surface area (Å²) in [4.78, 5) is 17.7. The zero-order valence-corrected chi connectivity index (χ0v) is 17.0. The topological polar surface area (TPSA) is 79.4 Å². The normalized spacial score (nSPS) is 16.1. The molecule has 1 aliphatic heterocycles. The number of thiazole rings is 1. The lowest BCUT2D eigenvalue weighted by atomic mass is 10.1. The van der Waals surface area contributed by atoms with Gasteiger partial charge in [0.25, 0.3) is 15.9 Å². The van der Waals surface area contributed by atoms with E-state index < -0.39 is 10.0 Å². The van der Waals surface area contributed by atoms with Crippen molar-refractivity contribution in [2.24, 2.45) is 0 Å². The largest absolute Gasteiger partial charge is 0.298 e. The van der Waals surface area contributed by atoms with Crippen molar-refractivity contribution < 1.29 is 13.2 Å². The lowest BCUT2D eigenvalue weighted by Crippen LogP contribution is -2.35. The van der Waals surface area contributed by atoms with Gasteiger partial charge in [0.05, 0.1) is 10.6 Å². The molecule has 0 spiro atoms. The van der Waals surface area contributed by atoms with Gasteiger partial charge in [-0.05, 0) is 50.1 Å². The molecule has 144 valence electrons. The standard InChI is InChI=1S/C20H19N3O3S2/c1-13-10-15-6-3-4-9-18(15)23(13)28(25,26)17-8-5-7-16(11-17)19(24)22-20-21-12-14(2)27-20/h3-9,11-13H,10H2,1-2H3,(H,21,22,24)/t13-/m0/s1. The summed E-state index contributed by atoms with van der Waals surface area (Å²) in [5.41, 5.74) is 1.98. The highest BCUT2D eigenvalue weighted by atomic mass is 32.2. The summed E-state index contributed by atoms with van der Waals surface area (Å²) in [6.45, 7) is 3.79. The molecule has 3 aromatic rings. The van der Waals surface area contributed by atoms with Crippen LogP contribution in [0.5, 0.6) is 0 Å². The van der Waals surface area contributed by atoms with Crippen molar-refractivity contribution in [2.45, 2.75) is 31.2 Å². The minimum Gasteiger partial charge on any atom is -0.298 e. The van der Waals surface area contributed by atoms with Crippen LogP contribution in [0.15, 0.2) is 59.6 Å². The molecule has 0 bridgehead atoms. The molecule has 0 aliphatic carbocycles. The molecule has 0 radical (unpaired) electrons. The van der Waals surface area contributed by atoms with Gasteiger partial charge in [-0.3, -0.25) is 14.4 Å². The maximum atomic E-state index is 13.3. The number of hydrogen-bond acceptors (Lipinski definition) is 5.